The maximum atomic E-state index is 13.3. The van der Waals surface area contributed by atoms with E-state index >= 15 is 0 Å². The largest absolute Gasteiger partial charge is 0.497 e. The van der Waals surface area contributed by atoms with E-state index in [1.165, 1.54) is 25.0 Å². The Hall–Kier alpha value is -2.66. The van der Waals surface area contributed by atoms with E-state index in [1.54, 1.807) is 19.2 Å². The molecule has 5 heteroatoms. The van der Waals surface area contributed by atoms with Crippen LogP contribution in [-0.4, -0.2) is 42.5 Å². The average Bonchev–Trinajstić information content (AvgIpc) is 3.54. The number of hydrogen-bond acceptors (Lipinski definition) is 3. The number of carbonyl (C=O) groups is 1. The highest BCUT2D eigenvalue weighted by Gasteiger charge is 2.30. The summed E-state index contributed by atoms with van der Waals surface area (Å²) in [7, 11) is 1.64. The molecule has 1 fully saturated rings. The molecule has 0 radical (unpaired) electrons. The van der Waals surface area contributed by atoms with Crippen molar-refractivity contribution in [2.24, 2.45) is 5.92 Å². The Labute approximate surface area is 171 Å². The van der Waals surface area contributed by atoms with Gasteiger partial charge in [0.25, 0.3) is 0 Å². The number of rotatable bonds is 6. The van der Waals surface area contributed by atoms with Crippen LogP contribution in [0.2, 0.25) is 0 Å². The Kier molecular flexibility index (Phi) is 5.95. The minimum atomic E-state index is -0.269. The lowest BCUT2D eigenvalue weighted by Crippen LogP contribution is -2.43. The molecular formula is C24H27FN2O2. The lowest BCUT2D eigenvalue weighted by Gasteiger charge is -2.34. The van der Waals surface area contributed by atoms with Gasteiger partial charge in [0.1, 0.15) is 11.6 Å². The highest BCUT2D eigenvalue weighted by Crippen LogP contribution is 2.31. The van der Waals surface area contributed by atoms with Crippen LogP contribution in [0.5, 0.6) is 5.75 Å². The van der Waals surface area contributed by atoms with Crippen LogP contribution >= 0.6 is 0 Å². The van der Waals surface area contributed by atoms with Crippen molar-refractivity contribution in [3.63, 3.8) is 0 Å². The fraction of sp³-hybridized carbons (Fsp3) is 0.375. The highest BCUT2D eigenvalue weighted by molar-refractivity contribution is 5.79. The van der Waals surface area contributed by atoms with Crippen molar-refractivity contribution in [1.82, 2.24) is 9.80 Å². The van der Waals surface area contributed by atoms with Gasteiger partial charge in [-0.25, -0.2) is 4.39 Å². The second-order valence-corrected chi connectivity index (χ2v) is 7.93. The fourth-order valence-electron chi connectivity index (χ4n) is 3.81. The van der Waals surface area contributed by atoms with E-state index in [4.69, 9.17) is 4.74 Å². The molecule has 1 aliphatic carbocycles. The van der Waals surface area contributed by atoms with Gasteiger partial charge >= 0.3 is 0 Å². The summed E-state index contributed by atoms with van der Waals surface area (Å²) in [4.78, 5) is 17.4. The number of benzene rings is 2. The standard InChI is InChI=1S/C24H27FN2O2/c1-29-22-12-8-20(9-13-22)23-3-2-14-26(15-18-4-5-18)17-24(28)27(23)16-19-6-10-21(25)11-7-19/h2-3,6-13,18,23H,4-5,14-17H2,1H3/b3-2-. The van der Waals surface area contributed by atoms with Gasteiger partial charge in [0, 0.05) is 19.6 Å². The molecule has 2 aliphatic rings. The van der Waals surface area contributed by atoms with Gasteiger partial charge in [-0.05, 0) is 54.2 Å². The number of hydrogen-bond donors (Lipinski definition) is 0. The normalized spacial score (nSPS) is 21.5. The van der Waals surface area contributed by atoms with Gasteiger partial charge in [0.15, 0.2) is 0 Å². The van der Waals surface area contributed by atoms with Crippen LogP contribution in [0.1, 0.15) is 30.0 Å². The van der Waals surface area contributed by atoms with Crippen LogP contribution in [0.3, 0.4) is 0 Å². The number of carbonyl (C=O) groups excluding carboxylic acids is 1. The lowest BCUT2D eigenvalue weighted by atomic mass is 10.0. The summed E-state index contributed by atoms with van der Waals surface area (Å²) in [6, 6.07) is 14.1. The first-order chi connectivity index (χ1) is 14.1. The Morgan fingerprint density at radius 2 is 1.79 bits per heavy atom. The monoisotopic (exact) mass is 394 g/mol. The quantitative estimate of drug-likeness (QED) is 0.689. The lowest BCUT2D eigenvalue weighted by molar-refractivity contribution is -0.135. The molecule has 1 amide bonds. The molecule has 1 atom stereocenters. The number of halogens is 1. The minimum Gasteiger partial charge on any atom is -0.497 e. The van der Waals surface area contributed by atoms with E-state index in [9.17, 15) is 9.18 Å². The van der Waals surface area contributed by atoms with Gasteiger partial charge in [-0.1, -0.05) is 36.4 Å². The van der Waals surface area contributed by atoms with Crippen molar-refractivity contribution < 1.29 is 13.9 Å². The molecule has 1 saturated carbocycles. The molecule has 1 aliphatic heterocycles. The van der Waals surface area contributed by atoms with Gasteiger partial charge in [0.05, 0.1) is 19.7 Å². The summed E-state index contributed by atoms with van der Waals surface area (Å²) in [6.45, 7) is 2.62. The first-order valence-corrected chi connectivity index (χ1v) is 10.2. The molecule has 0 bridgehead atoms. The molecule has 2 aromatic carbocycles. The molecule has 4 nitrogen and oxygen atoms in total. The molecule has 152 valence electrons. The SMILES string of the molecule is COc1ccc(C2/C=C\CN(CC3CC3)CC(=O)N2Cc2ccc(F)cc2)cc1. The van der Waals surface area contributed by atoms with E-state index in [-0.39, 0.29) is 17.8 Å². The van der Waals surface area contributed by atoms with Gasteiger partial charge in [-0.2, -0.15) is 0 Å². The Balaban J connectivity index is 1.62. The fourth-order valence-corrected chi connectivity index (χ4v) is 3.81. The summed E-state index contributed by atoms with van der Waals surface area (Å²) in [6.07, 6.45) is 6.81. The van der Waals surface area contributed by atoms with E-state index in [0.29, 0.717) is 13.1 Å². The average molecular weight is 394 g/mol. The zero-order valence-corrected chi connectivity index (χ0v) is 16.8. The summed E-state index contributed by atoms with van der Waals surface area (Å²) in [5.74, 6) is 1.35. The van der Waals surface area contributed by atoms with Crippen LogP contribution in [0.4, 0.5) is 4.39 Å². The van der Waals surface area contributed by atoms with E-state index in [2.05, 4.69) is 17.1 Å². The topological polar surface area (TPSA) is 32.8 Å². The van der Waals surface area contributed by atoms with E-state index in [0.717, 1.165) is 35.9 Å². The third kappa shape index (κ3) is 5.04. The van der Waals surface area contributed by atoms with Crippen LogP contribution in [0, 0.1) is 11.7 Å². The Bertz CT molecular complexity index is 859. The van der Waals surface area contributed by atoms with Gasteiger partial charge in [0.2, 0.25) is 5.91 Å². The Morgan fingerprint density at radius 1 is 1.07 bits per heavy atom. The molecular weight excluding hydrogens is 367 g/mol. The zero-order valence-electron chi connectivity index (χ0n) is 16.8. The maximum Gasteiger partial charge on any atom is 0.237 e. The molecule has 2 aromatic rings. The number of amides is 1. The molecule has 0 spiro atoms. The first-order valence-electron chi connectivity index (χ1n) is 10.2. The van der Waals surface area contributed by atoms with E-state index < -0.39 is 0 Å². The van der Waals surface area contributed by atoms with Gasteiger partial charge in [-0.3, -0.25) is 9.69 Å². The van der Waals surface area contributed by atoms with E-state index in [1.807, 2.05) is 29.2 Å². The smallest absolute Gasteiger partial charge is 0.237 e. The summed E-state index contributed by atoms with van der Waals surface area (Å²) < 4.78 is 18.6. The van der Waals surface area contributed by atoms with Crippen LogP contribution in [0.25, 0.3) is 0 Å². The molecule has 4 rings (SSSR count). The molecule has 29 heavy (non-hydrogen) atoms. The van der Waals surface area contributed by atoms with Gasteiger partial charge < -0.3 is 9.64 Å². The summed E-state index contributed by atoms with van der Waals surface area (Å²) in [5.41, 5.74) is 1.95. The number of ether oxygens (including phenoxy) is 1. The molecule has 0 aromatic heterocycles. The van der Waals surface area contributed by atoms with Crippen molar-refractivity contribution in [1.29, 1.82) is 0 Å². The molecule has 1 heterocycles. The summed E-state index contributed by atoms with van der Waals surface area (Å²) >= 11 is 0. The van der Waals surface area contributed by atoms with Crippen molar-refractivity contribution in [2.75, 3.05) is 26.7 Å². The second-order valence-electron chi connectivity index (χ2n) is 7.93. The number of methoxy groups -OCH3 is 1. The van der Waals surface area contributed by atoms with Crippen molar-refractivity contribution in [2.45, 2.75) is 25.4 Å². The maximum absolute atomic E-state index is 13.3. The van der Waals surface area contributed by atoms with Crippen LogP contribution in [0.15, 0.2) is 60.7 Å². The third-order valence-corrected chi connectivity index (χ3v) is 5.63. The van der Waals surface area contributed by atoms with Crippen molar-refractivity contribution in [3.05, 3.63) is 77.6 Å². The zero-order chi connectivity index (χ0) is 20.2. The van der Waals surface area contributed by atoms with Crippen molar-refractivity contribution in [3.8, 4) is 5.75 Å². The van der Waals surface area contributed by atoms with Crippen molar-refractivity contribution >= 4 is 5.91 Å². The molecule has 1 unspecified atom stereocenters. The minimum absolute atomic E-state index is 0.0974. The number of nitrogens with zero attached hydrogens (tertiary/aromatic N) is 2. The predicted molar refractivity (Wildman–Crippen MR) is 111 cm³/mol. The molecule has 0 saturated heterocycles. The first kappa shape index (κ1) is 19.6. The molecule has 0 N–H and O–H groups in total. The van der Waals surface area contributed by atoms with Crippen LogP contribution < -0.4 is 4.74 Å². The van der Waals surface area contributed by atoms with Crippen LogP contribution in [-0.2, 0) is 11.3 Å². The Morgan fingerprint density at radius 3 is 2.45 bits per heavy atom. The second kappa shape index (κ2) is 8.78. The highest BCUT2D eigenvalue weighted by atomic mass is 19.1. The third-order valence-electron chi connectivity index (χ3n) is 5.63. The predicted octanol–water partition coefficient (Wildman–Crippen LogP) is 4.19. The summed E-state index contributed by atoms with van der Waals surface area (Å²) in [5, 5.41) is 0. The van der Waals surface area contributed by atoms with Gasteiger partial charge in [-0.15, -0.1) is 0 Å².